The summed E-state index contributed by atoms with van der Waals surface area (Å²) in [6.07, 6.45) is 0. The lowest BCUT2D eigenvalue weighted by Crippen LogP contribution is -2.48. The van der Waals surface area contributed by atoms with E-state index in [1.807, 2.05) is 18.2 Å². The summed E-state index contributed by atoms with van der Waals surface area (Å²) in [4.78, 5) is 26.2. The van der Waals surface area contributed by atoms with E-state index >= 15 is 0 Å². The van der Waals surface area contributed by atoms with Crippen LogP contribution in [0.15, 0.2) is 48.5 Å². The van der Waals surface area contributed by atoms with Crippen molar-refractivity contribution in [3.8, 4) is 5.75 Å². The van der Waals surface area contributed by atoms with Gasteiger partial charge in [-0.05, 0) is 36.8 Å². The lowest BCUT2D eigenvalue weighted by molar-refractivity contribution is -0.142. The minimum absolute atomic E-state index is 0.174. The number of carbonyl (C=O) groups is 2. The molecule has 1 N–H and O–H groups in total. The van der Waals surface area contributed by atoms with Gasteiger partial charge in [0.15, 0.2) is 6.61 Å². The highest BCUT2D eigenvalue weighted by Gasteiger charge is 2.26. The average Bonchev–Trinajstić information content (AvgIpc) is 2.66. The van der Waals surface area contributed by atoms with Crippen molar-refractivity contribution < 1.29 is 14.3 Å². The zero-order valence-corrected chi connectivity index (χ0v) is 16.1. The van der Waals surface area contributed by atoms with E-state index < -0.39 is 6.04 Å². The van der Waals surface area contributed by atoms with Crippen LogP contribution in [0, 0.1) is 0 Å². The second kappa shape index (κ2) is 9.46. The molecule has 2 rings (SSSR count). The van der Waals surface area contributed by atoms with E-state index in [0.29, 0.717) is 15.8 Å². The molecule has 2 aromatic rings. The molecule has 138 valence electrons. The fraction of sp³-hybridized carbons (Fsp3) is 0.263. The van der Waals surface area contributed by atoms with Gasteiger partial charge in [0.05, 0.1) is 10.0 Å². The van der Waals surface area contributed by atoms with E-state index in [1.165, 1.54) is 11.9 Å². The molecule has 0 radical (unpaired) electrons. The zero-order chi connectivity index (χ0) is 19.1. The fourth-order valence-electron chi connectivity index (χ4n) is 2.37. The summed E-state index contributed by atoms with van der Waals surface area (Å²) in [6, 6.07) is 13.5. The minimum atomic E-state index is -0.665. The third-order valence-corrected chi connectivity index (χ3v) is 4.60. The SMILES string of the molecule is CNC(=O)C(C)N(Cc1ccc(Cl)c(Cl)c1)C(=O)COc1ccccc1. The van der Waals surface area contributed by atoms with Crippen LogP contribution < -0.4 is 10.1 Å². The first-order valence-electron chi connectivity index (χ1n) is 8.05. The first-order valence-corrected chi connectivity index (χ1v) is 8.80. The highest BCUT2D eigenvalue weighted by Crippen LogP contribution is 2.23. The van der Waals surface area contributed by atoms with Crippen molar-refractivity contribution >= 4 is 35.0 Å². The van der Waals surface area contributed by atoms with Crippen LogP contribution in [-0.4, -0.2) is 36.4 Å². The Morgan fingerprint density at radius 3 is 2.42 bits per heavy atom. The number of carbonyl (C=O) groups excluding carboxylic acids is 2. The van der Waals surface area contributed by atoms with Crippen LogP contribution in [0.25, 0.3) is 0 Å². The highest BCUT2D eigenvalue weighted by atomic mass is 35.5. The largest absolute Gasteiger partial charge is 0.484 e. The Labute approximate surface area is 162 Å². The van der Waals surface area contributed by atoms with Gasteiger partial charge in [-0.1, -0.05) is 47.5 Å². The number of hydrogen-bond donors (Lipinski definition) is 1. The van der Waals surface area contributed by atoms with Crippen molar-refractivity contribution in [3.63, 3.8) is 0 Å². The van der Waals surface area contributed by atoms with Crippen molar-refractivity contribution in [2.45, 2.75) is 19.5 Å². The summed E-state index contributed by atoms with van der Waals surface area (Å²) in [6.45, 7) is 1.70. The van der Waals surface area contributed by atoms with Gasteiger partial charge in [-0.2, -0.15) is 0 Å². The molecule has 26 heavy (non-hydrogen) atoms. The van der Waals surface area contributed by atoms with Crippen molar-refractivity contribution in [2.75, 3.05) is 13.7 Å². The third-order valence-electron chi connectivity index (χ3n) is 3.86. The Bertz CT molecular complexity index is 769. The predicted octanol–water partition coefficient (Wildman–Crippen LogP) is 3.54. The molecule has 1 unspecified atom stereocenters. The maximum atomic E-state index is 12.7. The van der Waals surface area contributed by atoms with Crippen LogP contribution in [0.1, 0.15) is 12.5 Å². The minimum Gasteiger partial charge on any atom is -0.484 e. The molecule has 0 bridgehead atoms. The molecule has 0 aliphatic heterocycles. The Kier molecular flexibility index (Phi) is 7.30. The zero-order valence-electron chi connectivity index (χ0n) is 14.5. The molecular weight excluding hydrogens is 375 g/mol. The molecule has 5 nitrogen and oxygen atoms in total. The van der Waals surface area contributed by atoms with Crippen LogP contribution in [0.3, 0.4) is 0 Å². The molecule has 7 heteroatoms. The van der Waals surface area contributed by atoms with Crippen LogP contribution in [0.5, 0.6) is 5.75 Å². The van der Waals surface area contributed by atoms with Gasteiger partial charge in [0.1, 0.15) is 11.8 Å². The van der Waals surface area contributed by atoms with Crippen molar-refractivity contribution in [1.29, 1.82) is 0 Å². The quantitative estimate of drug-likeness (QED) is 0.780. The van der Waals surface area contributed by atoms with Crippen LogP contribution in [0.2, 0.25) is 10.0 Å². The van der Waals surface area contributed by atoms with Crippen molar-refractivity contribution in [3.05, 3.63) is 64.1 Å². The summed E-state index contributed by atoms with van der Waals surface area (Å²) in [5, 5.41) is 3.38. The molecule has 0 aromatic heterocycles. The van der Waals surface area contributed by atoms with Crippen LogP contribution in [0.4, 0.5) is 0 Å². The molecule has 0 saturated carbocycles. The molecular formula is C19H20Cl2N2O3. The van der Waals surface area contributed by atoms with Crippen molar-refractivity contribution in [1.82, 2.24) is 10.2 Å². The van der Waals surface area contributed by atoms with E-state index in [-0.39, 0.29) is 25.0 Å². The maximum absolute atomic E-state index is 12.7. The van der Waals surface area contributed by atoms with Crippen LogP contribution >= 0.6 is 23.2 Å². The van der Waals surface area contributed by atoms with E-state index in [0.717, 1.165) is 5.56 Å². The molecule has 2 aromatic carbocycles. The van der Waals surface area contributed by atoms with Gasteiger partial charge in [-0.15, -0.1) is 0 Å². The summed E-state index contributed by atoms with van der Waals surface area (Å²) >= 11 is 12.0. The second-order valence-electron chi connectivity index (χ2n) is 5.66. The Balaban J connectivity index is 2.15. The smallest absolute Gasteiger partial charge is 0.261 e. The lowest BCUT2D eigenvalue weighted by atomic mass is 10.1. The Morgan fingerprint density at radius 2 is 1.81 bits per heavy atom. The van der Waals surface area contributed by atoms with Crippen molar-refractivity contribution in [2.24, 2.45) is 0 Å². The molecule has 0 aliphatic carbocycles. The number of rotatable bonds is 7. The number of nitrogens with one attached hydrogen (secondary N) is 1. The average molecular weight is 395 g/mol. The number of amides is 2. The Morgan fingerprint density at radius 1 is 1.12 bits per heavy atom. The number of ether oxygens (including phenoxy) is 1. The summed E-state index contributed by atoms with van der Waals surface area (Å²) < 4.78 is 5.52. The number of likely N-dealkylation sites (N-methyl/N-ethyl adjacent to an activating group) is 1. The third kappa shape index (κ3) is 5.38. The molecule has 0 heterocycles. The number of para-hydroxylation sites is 1. The van der Waals surface area contributed by atoms with Gasteiger partial charge in [-0.3, -0.25) is 9.59 Å². The standard InChI is InChI=1S/C19H20Cl2N2O3/c1-13(19(25)22-2)23(11-14-8-9-16(20)17(21)10-14)18(24)12-26-15-6-4-3-5-7-15/h3-10,13H,11-12H2,1-2H3,(H,22,25). The number of benzene rings is 2. The molecule has 1 atom stereocenters. The van der Waals surface area contributed by atoms with Crippen LogP contribution in [-0.2, 0) is 16.1 Å². The Hall–Kier alpha value is -2.24. The first kappa shape index (κ1) is 20.1. The van der Waals surface area contributed by atoms with E-state index in [2.05, 4.69) is 5.32 Å². The molecule has 0 spiro atoms. The summed E-state index contributed by atoms with van der Waals surface area (Å²) in [5.41, 5.74) is 0.767. The number of halogens is 2. The lowest BCUT2D eigenvalue weighted by Gasteiger charge is -2.28. The van der Waals surface area contributed by atoms with E-state index in [4.69, 9.17) is 27.9 Å². The maximum Gasteiger partial charge on any atom is 0.261 e. The van der Waals surface area contributed by atoms with Gasteiger partial charge in [0.25, 0.3) is 5.91 Å². The number of nitrogens with zero attached hydrogens (tertiary/aromatic N) is 1. The second-order valence-corrected chi connectivity index (χ2v) is 6.48. The predicted molar refractivity (Wildman–Crippen MR) is 102 cm³/mol. The summed E-state index contributed by atoms with van der Waals surface area (Å²) in [7, 11) is 1.53. The molecule has 0 saturated heterocycles. The van der Waals surface area contributed by atoms with Gasteiger partial charge in [-0.25, -0.2) is 0 Å². The number of hydrogen-bond acceptors (Lipinski definition) is 3. The summed E-state index contributed by atoms with van der Waals surface area (Å²) in [5.74, 6) is 0.0112. The highest BCUT2D eigenvalue weighted by molar-refractivity contribution is 6.42. The fourth-order valence-corrected chi connectivity index (χ4v) is 2.69. The molecule has 0 fully saturated rings. The van der Waals surface area contributed by atoms with Gasteiger partial charge in [0, 0.05) is 13.6 Å². The first-order chi connectivity index (χ1) is 12.4. The van der Waals surface area contributed by atoms with Gasteiger partial charge >= 0.3 is 0 Å². The topological polar surface area (TPSA) is 58.6 Å². The van der Waals surface area contributed by atoms with Gasteiger partial charge in [0.2, 0.25) is 5.91 Å². The normalized spacial score (nSPS) is 11.5. The molecule has 2 amide bonds. The van der Waals surface area contributed by atoms with Gasteiger partial charge < -0.3 is 15.0 Å². The van der Waals surface area contributed by atoms with E-state index in [1.54, 1.807) is 37.3 Å². The molecule has 0 aliphatic rings. The van der Waals surface area contributed by atoms with E-state index in [9.17, 15) is 9.59 Å². The monoisotopic (exact) mass is 394 g/mol.